The minimum absolute atomic E-state index is 0. The zero-order chi connectivity index (χ0) is 24.4. The van der Waals surface area contributed by atoms with E-state index in [1.807, 2.05) is 26.2 Å². The second-order valence-electron chi connectivity index (χ2n) is 8.35. The van der Waals surface area contributed by atoms with E-state index in [-0.39, 0.29) is 24.8 Å². The number of imidazole rings is 1. The van der Waals surface area contributed by atoms with E-state index in [2.05, 4.69) is 20.3 Å². The fourth-order valence-corrected chi connectivity index (χ4v) is 4.04. The Labute approximate surface area is 220 Å². The van der Waals surface area contributed by atoms with Crippen LogP contribution in [-0.2, 0) is 16.0 Å². The summed E-state index contributed by atoms with van der Waals surface area (Å²) in [5, 5.41) is 23.6. The molecule has 1 fully saturated rings. The third kappa shape index (κ3) is 5.80. The van der Waals surface area contributed by atoms with Crippen LogP contribution < -0.4 is 20.7 Å². The zero-order valence-corrected chi connectivity index (χ0v) is 21.6. The van der Waals surface area contributed by atoms with Gasteiger partial charge in [-0.2, -0.15) is 0 Å². The summed E-state index contributed by atoms with van der Waals surface area (Å²) in [5.74, 6) is 0.861. The molecule has 1 saturated heterocycles. The van der Waals surface area contributed by atoms with Crippen LogP contribution in [0.5, 0.6) is 5.75 Å². The predicted molar refractivity (Wildman–Crippen MR) is 138 cm³/mol. The number of hydrogen-bond donors (Lipinski definition) is 4. The van der Waals surface area contributed by atoms with Crippen molar-refractivity contribution in [1.82, 2.24) is 24.8 Å². The zero-order valence-electron chi connectivity index (χ0n) is 20.0. The third-order valence-electron chi connectivity index (χ3n) is 5.85. The lowest BCUT2D eigenvalue weighted by Crippen LogP contribution is -2.53. The van der Waals surface area contributed by atoms with Crippen LogP contribution in [0, 0.1) is 0 Å². The second kappa shape index (κ2) is 12.5. The molecule has 1 amide bonds. The van der Waals surface area contributed by atoms with Gasteiger partial charge in [0.05, 0.1) is 32.1 Å². The summed E-state index contributed by atoms with van der Waals surface area (Å²) >= 11 is 0. The number of benzene rings is 1. The minimum atomic E-state index is -1.18. The molecule has 0 bridgehead atoms. The lowest BCUT2D eigenvalue weighted by atomic mass is 10.0. The van der Waals surface area contributed by atoms with Gasteiger partial charge in [0.1, 0.15) is 24.3 Å². The van der Waals surface area contributed by atoms with Gasteiger partial charge in [0.2, 0.25) is 5.91 Å². The van der Waals surface area contributed by atoms with Crippen molar-refractivity contribution >= 4 is 47.7 Å². The molecule has 1 aromatic carbocycles. The molecule has 5 atom stereocenters. The van der Waals surface area contributed by atoms with Crippen molar-refractivity contribution in [2.24, 2.45) is 5.73 Å². The Kier molecular flexibility index (Phi) is 10.2. The number of aromatic nitrogens is 4. The van der Waals surface area contributed by atoms with Gasteiger partial charge in [0.25, 0.3) is 0 Å². The van der Waals surface area contributed by atoms with Crippen LogP contribution in [0.2, 0.25) is 0 Å². The summed E-state index contributed by atoms with van der Waals surface area (Å²) in [7, 11) is 5.25. The molecule has 0 spiro atoms. The number of carbonyl (C=O) groups is 1. The number of rotatable bonds is 8. The molecule has 12 nitrogen and oxygen atoms in total. The summed E-state index contributed by atoms with van der Waals surface area (Å²) in [5.41, 5.74) is 7.98. The molecule has 2 aromatic heterocycles. The fourth-order valence-electron chi connectivity index (χ4n) is 4.04. The Balaban J connectivity index is 0.00000228. The van der Waals surface area contributed by atoms with Gasteiger partial charge in [-0.05, 0) is 24.1 Å². The number of amides is 1. The molecule has 0 radical (unpaired) electrons. The number of hydrogen-bond acceptors (Lipinski definition) is 10. The molecule has 0 aliphatic carbocycles. The van der Waals surface area contributed by atoms with Crippen LogP contribution in [0.4, 0.5) is 5.82 Å². The van der Waals surface area contributed by atoms with Gasteiger partial charge >= 0.3 is 0 Å². The molecule has 198 valence electrons. The van der Waals surface area contributed by atoms with E-state index in [1.54, 1.807) is 28.7 Å². The van der Waals surface area contributed by atoms with E-state index < -0.39 is 43.0 Å². The predicted octanol–water partition coefficient (Wildman–Crippen LogP) is 0.0499. The topological polar surface area (TPSA) is 161 Å². The fraction of sp³-hybridized carbons (Fsp3) is 0.455. The van der Waals surface area contributed by atoms with Gasteiger partial charge in [0.15, 0.2) is 23.2 Å². The smallest absolute Gasteiger partial charge is 0.237 e. The highest BCUT2D eigenvalue weighted by atomic mass is 35.5. The Bertz CT molecular complexity index is 1150. The van der Waals surface area contributed by atoms with E-state index in [4.69, 9.17) is 15.2 Å². The van der Waals surface area contributed by atoms with Crippen molar-refractivity contribution < 1.29 is 24.5 Å². The van der Waals surface area contributed by atoms with E-state index in [0.717, 1.165) is 5.56 Å². The van der Waals surface area contributed by atoms with Crippen molar-refractivity contribution in [2.75, 3.05) is 32.7 Å². The first-order valence-corrected chi connectivity index (χ1v) is 10.8. The number of nitrogens with zero attached hydrogens (tertiary/aromatic N) is 5. The van der Waals surface area contributed by atoms with E-state index in [1.165, 1.54) is 12.7 Å². The number of aliphatic hydroxyl groups excluding tert-OH is 2. The van der Waals surface area contributed by atoms with Gasteiger partial charge in [-0.15, -0.1) is 24.8 Å². The molecule has 36 heavy (non-hydrogen) atoms. The molecule has 5 N–H and O–H groups in total. The molecule has 0 saturated carbocycles. The molecule has 1 aliphatic rings. The van der Waals surface area contributed by atoms with Gasteiger partial charge in [0, 0.05) is 14.1 Å². The summed E-state index contributed by atoms with van der Waals surface area (Å²) in [6.45, 7) is -0.406. The van der Waals surface area contributed by atoms with Gasteiger partial charge in [-0.3, -0.25) is 9.36 Å². The monoisotopic (exact) mass is 543 g/mol. The number of anilines is 1. The molecule has 1 unspecified atom stereocenters. The second-order valence-corrected chi connectivity index (χ2v) is 8.35. The van der Waals surface area contributed by atoms with E-state index in [9.17, 15) is 15.0 Å². The van der Waals surface area contributed by atoms with Crippen LogP contribution >= 0.6 is 24.8 Å². The number of carbonyl (C=O) groups excluding carboxylic acids is 1. The van der Waals surface area contributed by atoms with Crippen molar-refractivity contribution in [2.45, 2.75) is 36.9 Å². The maximum Gasteiger partial charge on any atom is 0.237 e. The summed E-state index contributed by atoms with van der Waals surface area (Å²) in [6.07, 6.45) is 0.250. The van der Waals surface area contributed by atoms with Crippen LogP contribution in [-0.4, -0.2) is 87.7 Å². The summed E-state index contributed by atoms with van der Waals surface area (Å²) in [4.78, 5) is 27.5. The summed E-state index contributed by atoms with van der Waals surface area (Å²) < 4.78 is 12.6. The van der Waals surface area contributed by atoms with E-state index in [0.29, 0.717) is 29.2 Å². The van der Waals surface area contributed by atoms with E-state index >= 15 is 0 Å². The number of nitrogens with one attached hydrogen (secondary N) is 1. The van der Waals surface area contributed by atoms with Crippen molar-refractivity contribution in [3.8, 4) is 5.75 Å². The highest BCUT2D eigenvalue weighted by Gasteiger charge is 2.46. The van der Waals surface area contributed by atoms with Gasteiger partial charge < -0.3 is 35.6 Å². The largest absolute Gasteiger partial charge is 0.497 e. The van der Waals surface area contributed by atoms with Crippen LogP contribution in [0.1, 0.15) is 11.8 Å². The lowest BCUT2D eigenvalue weighted by molar-refractivity contribution is -0.124. The van der Waals surface area contributed by atoms with Gasteiger partial charge in [-0.25, -0.2) is 15.0 Å². The molecular formula is C22H31Cl2N7O5. The summed E-state index contributed by atoms with van der Waals surface area (Å²) in [6, 6.07) is 5.52. The third-order valence-corrected chi connectivity index (χ3v) is 5.85. The Morgan fingerprint density at radius 2 is 1.94 bits per heavy atom. The Morgan fingerprint density at radius 3 is 2.56 bits per heavy atom. The normalized spacial score (nSPS) is 21.8. The lowest BCUT2D eigenvalue weighted by Gasteiger charge is -2.23. The van der Waals surface area contributed by atoms with Crippen molar-refractivity contribution in [1.29, 1.82) is 0 Å². The van der Waals surface area contributed by atoms with Crippen LogP contribution in [0.25, 0.3) is 11.2 Å². The van der Waals surface area contributed by atoms with Crippen molar-refractivity contribution in [3.05, 3.63) is 42.5 Å². The molecule has 14 heteroatoms. The maximum absolute atomic E-state index is 12.8. The number of methoxy groups -OCH3 is 1. The number of halogens is 2. The minimum Gasteiger partial charge on any atom is -0.497 e. The number of nitrogens with two attached hydrogens (primary N) is 1. The maximum atomic E-state index is 12.8. The number of ether oxygens (including phenoxy) is 2. The average Bonchev–Trinajstić information content (AvgIpc) is 3.40. The number of aliphatic hydroxyl groups is 2. The number of fused-ring (bicyclic) bond motifs is 1. The first kappa shape index (κ1) is 29.5. The average molecular weight is 544 g/mol. The Morgan fingerprint density at radius 1 is 1.25 bits per heavy atom. The Hall–Kier alpha value is -2.74. The molecule has 4 rings (SSSR count). The molecule has 3 aromatic rings. The van der Waals surface area contributed by atoms with Crippen LogP contribution in [0.3, 0.4) is 0 Å². The molecule has 3 heterocycles. The highest BCUT2D eigenvalue weighted by molar-refractivity contribution is 5.86. The first-order valence-electron chi connectivity index (χ1n) is 10.8. The molecular weight excluding hydrogens is 513 g/mol. The van der Waals surface area contributed by atoms with Crippen molar-refractivity contribution in [3.63, 3.8) is 0 Å². The van der Waals surface area contributed by atoms with Gasteiger partial charge in [-0.1, -0.05) is 12.1 Å². The SMILES string of the molecule is COc1ccc(CC(N)C(=O)N[C@H]2[C@@H](O)[C@H](n3cnc4c(N(C)C)ncnc43)O[C@@H]2CO)cc1.Cl.Cl. The quantitative estimate of drug-likeness (QED) is 0.305. The standard InChI is InChI=1S/C22H29N7O5.2ClH/c1-28(2)19-17-20(25-10-24-19)29(11-26-17)22-18(31)16(15(9-30)34-22)27-21(32)14(23)8-12-4-6-13(33-3)7-5-12;;/h4-7,10-11,14-16,18,22,30-31H,8-9,23H2,1-3H3,(H,27,32);2*1H/t14?,15-,16-,18-,22-;;/m1../s1. The first-order chi connectivity index (χ1) is 16.3. The molecule has 1 aliphatic heterocycles. The highest BCUT2D eigenvalue weighted by Crippen LogP contribution is 2.32. The van der Waals surface area contributed by atoms with Crippen LogP contribution in [0.15, 0.2) is 36.9 Å².